The van der Waals surface area contributed by atoms with Crippen molar-refractivity contribution < 1.29 is 16.8 Å². The minimum Gasteiger partial charge on any atom is -0.207 e. The fourth-order valence-electron chi connectivity index (χ4n) is 1.99. The van der Waals surface area contributed by atoms with Crippen molar-refractivity contribution in [1.29, 1.82) is 0 Å². The lowest BCUT2D eigenvalue weighted by Crippen LogP contribution is -2.27. The highest BCUT2D eigenvalue weighted by Crippen LogP contribution is 2.20. The number of nitrogens with zero attached hydrogens (tertiary/aromatic N) is 1. The molecule has 0 atom stereocenters. The summed E-state index contributed by atoms with van der Waals surface area (Å²) in [6, 6.07) is 12.6. The molecule has 130 valence electrons. The van der Waals surface area contributed by atoms with Gasteiger partial charge in [-0.3, -0.25) is 0 Å². The summed E-state index contributed by atoms with van der Waals surface area (Å²) in [5.41, 5.74) is 0.379. The van der Waals surface area contributed by atoms with E-state index in [1.54, 1.807) is 30.3 Å². The highest BCUT2D eigenvalue weighted by Gasteiger charge is 2.22. The van der Waals surface area contributed by atoms with Gasteiger partial charge in [0.1, 0.15) is 0 Å². The van der Waals surface area contributed by atoms with Crippen LogP contribution in [0.2, 0.25) is 0 Å². The molecule has 0 amide bonds. The first-order valence-electron chi connectivity index (χ1n) is 6.90. The van der Waals surface area contributed by atoms with Crippen molar-refractivity contribution in [2.75, 3.05) is 14.1 Å². The molecule has 2 aromatic carbocycles. The number of rotatable bonds is 6. The van der Waals surface area contributed by atoms with Gasteiger partial charge in [0.2, 0.25) is 20.0 Å². The van der Waals surface area contributed by atoms with Gasteiger partial charge in [0.15, 0.2) is 0 Å². The third-order valence-electron chi connectivity index (χ3n) is 3.29. The second-order valence-corrected chi connectivity index (χ2v) is 9.98. The van der Waals surface area contributed by atoms with Crippen molar-refractivity contribution in [3.05, 3.63) is 58.6 Å². The van der Waals surface area contributed by atoms with Crippen molar-refractivity contribution in [1.82, 2.24) is 9.03 Å². The molecule has 2 rings (SSSR count). The Bertz CT molecular complexity index is 941. The number of nitrogens with one attached hydrogen (secondary N) is 1. The maximum atomic E-state index is 12.4. The molecule has 2 aromatic rings. The Hall–Kier alpha value is -1.26. The second kappa shape index (κ2) is 7.32. The third-order valence-corrected chi connectivity index (χ3v) is 7.10. The Morgan fingerprint density at radius 1 is 1.00 bits per heavy atom. The predicted molar refractivity (Wildman–Crippen MR) is 95.5 cm³/mol. The molecule has 24 heavy (non-hydrogen) atoms. The largest absolute Gasteiger partial charge is 0.242 e. The van der Waals surface area contributed by atoms with E-state index in [2.05, 4.69) is 20.7 Å². The average molecular weight is 433 g/mol. The molecule has 1 N–H and O–H groups in total. The molecule has 0 fully saturated rings. The molecule has 0 radical (unpaired) electrons. The van der Waals surface area contributed by atoms with Crippen LogP contribution < -0.4 is 4.72 Å². The molecule has 0 aliphatic rings. The summed E-state index contributed by atoms with van der Waals surface area (Å²) in [5.74, 6) is 0. The Labute approximate surface area is 150 Å². The summed E-state index contributed by atoms with van der Waals surface area (Å²) < 4.78 is 53.6. The molecule has 6 nitrogen and oxygen atoms in total. The lowest BCUT2D eigenvalue weighted by molar-refractivity contribution is 0.519. The van der Waals surface area contributed by atoms with Crippen molar-refractivity contribution >= 4 is 36.0 Å². The van der Waals surface area contributed by atoms with Crippen LogP contribution in [0.25, 0.3) is 0 Å². The van der Waals surface area contributed by atoms with Crippen LogP contribution in [0.4, 0.5) is 0 Å². The smallest absolute Gasteiger partial charge is 0.207 e. The number of hydrogen-bond donors (Lipinski definition) is 1. The van der Waals surface area contributed by atoms with E-state index in [1.165, 1.54) is 32.3 Å². The molecule has 0 aliphatic heterocycles. The van der Waals surface area contributed by atoms with Gasteiger partial charge in [0, 0.05) is 25.1 Å². The average Bonchev–Trinajstić information content (AvgIpc) is 2.53. The molecular formula is C15H17BrN2O4S2. The quantitative estimate of drug-likeness (QED) is 0.757. The highest BCUT2D eigenvalue weighted by molar-refractivity contribution is 9.10. The molecule has 0 aromatic heterocycles. The first-order chi connectivity index (χ1) is 11.1. The van der Waals surface area contributed by atoms with E-state index < -0.39 is 20.0 Å². The van der Waals surface area contributed by atoms with Gasteiger partial charge in [0.25, 0.3) is 0 Å². The minimum atomic E-state index is -3.75. The number of halogens is 1. The van der Waals surface area contributed by atoms with Gasteiger partial charge >= 0.3 is 0 Å². The Kier molecular flexibility index (Phi) is 5.82. The van der Waals surface area contributed by atoms with Crippen molar-refractivity contribution in [2.24, 2.45) is 0 Å². The maximum absolute atomic E-state index is 12.4. The third kappa shape index (κ3) is 4.22. The molecule has 9 heteroatoms. The topological polar surface area (TPSA) is 83.6 Å². The second-order valence-electron chi connectivity index (χ2n) is 5.18. The van der Waals surface area contributed by atoms with E-state index >= 15 is 0 Å². The molecule has 0 aliphatic carbocycles. The van der Waals surface area contributed by atoms with Crippen LogP contribution in [-0.4, -0.2) is 35.2 Å². The fourth-order valence-corrected chi connectivity index (χ4v) is 4.71. The Morgan fingerprint density at radius 3 is 2.29 bits per heavy atom. The van der Waals surface area contributed by atoms with Crippen LogP contribution in [0, 0.1) is 0 Å². The van der Waals surface area contributed by atoms with E-state index in [-0.39, 0.29) is 16.3 Å². The van der Waals surface area contributed by atoms with Crippen LogP contribution in [0.1, 0.15) is 5.56 Å². The normalized spacial score (nSPS) is 12.5. The molecule has 0 bridgehead atoms. The minimum absolute atomic E-state index is 0.0759. The van der Waals surface area contributed by atoms with Crippen LogP contribution in [0.3, 0.4) is 0 Å². The summed E-state index contributed by atoms with van der Waals surface area (Å²) in [6.45, 7) is -0.127. The molecule has 0 saturated carbocycles. The monoisotopic (exact) mass is 432 g/mol. The summed E-state index contributed by atoms with van der Waals surface area (Å²) in [6.07, 6.45) is 0. The Balaban J connectivity index is 2.31. The SMILES string of the molecule is CN(C)S(=O)(=O)c1ccccc1CNS(=O)(=O)c1cccc(Br)c1. The summed E-state index contributed by atoms with van der Waals surface area (Å²) in [7, 11) is -4.55. The predicted octanol–water partition coefficient (Wildman–Crippen LogP) is 2.18. The first kappa shape index (κ1) is 19.1. The summed E-state index contributed by atoms with van der Waals surface area (Å²) in [5, 5.41) is 0. The zero-order valence-corrected chi connectivity index (χ0v) is 16.3. The standard InChI is InChI=1S/C15H17BrN2O4S2/c1-18(2)24(21,22)15-9-4-3-6-12(15)11-17-23(19,20)14-8-5-7-13(16)10-14/h3-10,17H,11H2,1-2H3. The molecule has 0 heterocycles. The van der Waals surface area contributed by atoms with E-state index in [9.17, 15) is 16.8 Å². The molecular weight excluding hydrogens is 416 g/mol. The summed E-state index contributed by atoms with van der Waals surface area (Å²) >= 11 is 3.23. The van der Waals surface area contributed by atoms with Gasteiger partial charge in [0.05, 0.1) is 9.79 Å². The highest BCUT2D eigenvalue weighted by atomic mass is 79.9. The van der Waals surface area contributed by atoms with Gasteiger partial charge in [-0.1, -0.05) is 40.2 Å². The number of hydrogen-bond acceptors (Lipinski definition) is 4. The van der Waals surface area contributed by atoms with Crippen LogP contribution in [0.5, 0.6) is 0 Å². The molecule has 0 unspecified atom stereocenters. The van der Waals surface area contributed by atoms with E-state index in [4.69, 9.17) is 0 Å². The van der Waals surface area contributed by atoms with Gasteiger partial charge in [-0.05, 0) is 29.8 Å². The molecule has 0 saturated heterocycles. The van der Waals surface area contributed by atoms with Gasteiger partial charge in [-0.2, -0.15) is 0 Å². The van der Waals surface area contributed by atoms with E-state index in [1.807, 2.05) is 0 Å². The number of sulfonamides is 2. The number of benzene rings is 2. The van der Waals surface area contributed by atoms with Crippen LogP contribution in [0.15, 0.2) is 62.8 Å². The Morgan fingerprint density at radius 2 is 1.67 bits per heavy atom. The van der Waals surface area contributed by atoms with E-state index in [0.29, 0.717) is 10.0 Å². The zero-order chi connectivity index (χ0) is 18.0. The lowest BCUT2D eigenvalue weighted by Gasteiger charge is -2.15. The van der Waals surface area contributed by atoms with Crippen molar-refractivity contribution in [3.8, 4) is 0 Å². The van der Waals surface area contributed by atoms with Gasteiger partial charge in [-0.25, -0.2) is 25.9 Å². The van der Waals surface area contributed by atoms with Crippen LogP contribution in [-0.2, 0) is 26.6 Å². The summed E-state index contributed by atoms with van der Waals surface area (Å²) in [4.78, 5) is 0.178. The zero-order valence-electron chi connectivity index (χ0n) is 13.1. The van der Waals surface area contributed by atoms with Crippen LogP contribution >= 0.6 is 15.9 Å². The van der Waals surface area contributed by atoms with Gasteiger partial charge in [-0.15, -0.1) is 0 Å². The molecule has 0 spiro atoms. The van der Waals surface area contributed by atoms with Crippen molar-refractivity contribution in [3.63, 3.8) is 0 Å². The maximum Gasteiger partial charge on any atom is 0.242 e. The van der Waals surface area contributed by atoms with Gasteiger partial charge < -0.3 is 0 Å². The first-order valence-corrected chi connectivity index (χ1v) is 10.6. The van der Waals surface area contributed by atoms with Crippen molar-refractivity contribution in [2.45, 2.75) is 16.3 Å². The fraction of sp³-hybridized carbons (Fsp3) is 0.200. The van der Waals surface area contributed by atoms with E-state index in [0.717, 1.165) is 4.31 Å². The lowest BCUT2D eigenvalue weighted by atomic mass is 10.2.